The number of aromatic hydroxyl groups is 2. The van der Waals surface area contributed by atoms with E-state index in [1.165, 1.54) is 46.5 Å². The standard InChI is InChI=1S/C41H45NO17/c1-15-7-19-10-25(45)41(57-6)36(50)27-21(35(49)40(41,54)29(19)31(47)26(15)38(51)52)11-22-28(30(27)46)23(44)12-24(39(22,53)13-18-9-20(58-14-18)8-16(2)43)42-37-34(56-5)32(48)33(55-4)17(3)59-37/h7,9,11-12,14,16-17,25,32-34,37,42-43,45-48,53-54H,8,10,13H2,1-6H3,(H,51,52)/t16?,17-,25?,32+,33-,34+,37-,39?,40?,41?/m0/s1. The minimum Gasteiger partial charge on any atom is -0.507 e. The number of benzene rings is 2. The number of carboxylic acid groups (broad SMARTS) is 1. The number of aromatic carboxylic acids is 1. The number of methoxy groups -OCH3 is 3. The Morgan fingerprint density at radius 2 is 1.68 bits per heavy atom. The largest absolute Gasteiger partial charge is 0.507 e. The highest BCUT2D eigenvalue weighted by molar-refractivity contribution is 6.26. The lowest BCUT2D eigenvalue weighted by atomic mass is 9.56. The molecule has 1 fully saturated rings. The molecule has 316 valence electrons. The molecule has 1 saturated heterocycles. The van der Waals surface area contributed by atoms with Gasteiger partial charge in [-0.2, -0.15) is 0 Å². The summed E-state index contributed by atoms with van der Waals surface area (Å²) >= 11 is 0. The Morgan fingerprint density at radius 1 is 1.00 bits per heavy atom. The molecule has 0 spiro atoms. The monoisotopic (exact) mass is 823 g/mol. The lowest BCUT2D eigenvalue weighted by molar-refractivity contribution is -0.237. The number of nitrogens with one attached hydrogen (secondary N) is 1. The minimum atomic E-state index is -3.35. The van der Waals surface area contributed by atoms with Gasteiger partial charge in [0.25, 0.3) is 0 Å². The Morgan fingerprint density at radius 3 is 2.29 bits per heavy atom. The van der Waals surface area contributed by atoms with Gasteiger partial charge in [0, 0.05) is 63.4 Å². The van der Waals surface area contributed by atoms with E-state index < -0.39 is 141 Å². The van der Waals surface area contributed by atoms with Crippen molar-refractivity contribution in [3.05, 3.63) is 92.1 Å². The molecular formula is C41H45NO17. The van der Waals surface area contributed by atoms with Gasteiger partial charge < -0.3 is 69.5 Å². The highest BCUT2D eigenvalue weighted by Crippen LogP contribution is 2.57. The Hall–Kier alpha value is -5.02. The number of hydrogen-bond donors (Lipinski definition) is 9. The van der Waals surface area contributed by atoms with Crippen LogP contribution in [0.2, 0.25) is 0 Å². The number of aliphatic hydroxyl groups excluding tert-OH is 3. The number of carboxylic acids is 1. The zero-order chi connectivity index (χ0) is 43.3. The molecule has 2 aromatic carbocycles. The van der Waals surface area contributed by atoms with Crippen LogP contribution in [0, 0.1) is 6.92 Å². The summed E-state index contributed by atoms with van der Waals surface area (Å²) in [7, 11) is 3.56. The molecule has 59 heavy (non-hydrogen) atoms. The van der Waals surface area contributed by atoms with Crippen LogP contribution in [-0.4, -0.2) is 134 Å². The summed E-state index contributed by atoms with van der Waals surface area (Å²) in [5, 5.41) is 94.8. The van der Waals surface area contributed by atoms with Crippen LogP contribution in [0.4, 0.5) is 0 Å². The van der Waals surface area contributed by atoms with Gasteiger partial charge in [0.05, 0.1) is 41.4 Å². The third-order valence-corrected chi connectivity index (χ3v) is 12.1. The molecule has 7 rings (SSSR count). The number of allylic oxidation sites excluding steroid dienone is 1. The van der Waals surface area contributed by atoms with Crippen molar-refractivity contribution >= 4 is 23.3 Å². The van der Waals surface area contributed by atoms with E-state index in [-0.39, 0.29) is 23.2 Å². The zero-order valence-electron chi connectivity index (χ0n) is 32.8. The third kappa shape index (κ3) is 5.88. The first-order valence-corrected chi connectivity index (χ1v) is 18.7. The molecule has 2 heterocycles. The number of fused-ring (bicyclic) bond motifs is 5. The molecule has 1 aromatic heterocycles. The van der Waals surface area contributed by atoms with Crippen molar-refractivity contribution in [3.63, 3.8) is 0 Å². The van der Waals surface area contributed by atoms with E-state index in [0.29, 0.717) is 11.3 Å². The number of hydrogen-bond acceptors (Lipinski definition) is 17. The number of rotatable bonds is 10. The third-order valence-electron chi connectivity index (χ3n) is 12.1. The van der Waals surface area contributed by atoms with Gasteiger partial charge in [-0.25, -0.2) is 4.79 Å². The highest BCUT2D eigenvalue weighted by atomic mass is 16.6. The molecule has 10 atom stereocenters. The molecular weight excluding hydrogens is 778 g/mol. The Balaban J connectivity index is 1.46. The van der Waals surface area contributed by atoms with Gasteiger partial charge in [-0.15, -0.1) is 0 Å². The summed E-state index contributed by atoms with van der Waals surface area (Å²) in [6.07, 6.45) is -6.81. The second-order valence-corrected chi connectivity index (χ2v) is 15.6. The maximum atomic E-state index is 15.0. The molecule has 0 radical (unpaired) electrons. The number of Topliss-reactive ketones (excluding diaryl/α,β-unsaturated/α-hetero) is 2. The number of furan rings is 1. The number of carbonyl (C=O) groups excluding carboxylic acids is 3. The number of phenols is 2. The van der Waals surface area contributed by atoms with E-state index in [1.807, 2.05) is 0 Å². The fourth-order valence-electron chi connectivity index (χ4n) is 9.42. The molecule has 0 bridgehead atoms. The lowest BCUT2D eigenvalue weighted by Crippen LogP contribution is -2.73. The molecule has 9 N–H and O–H groups in total. The second kappa shape index (κ2) is 14.6. The summed E-state index contributed by atoms with van der Waals surface area (Å²) in [6.45, 7) is 4.50. The van der Waals surface area contributed by atoms with Crippen LogP contribution in [0.15, 0.2) is 40.7 Å². The molecule has 5 unspecified atom stereocenters. The maximum absolute atomic E-state index is 15.0. The van der Waals surface area contributed by atoms with Gasteiger partial charge in [0.2, 0.25) is 11.6 Å². The molecule has 3 aliphatic carbocycles. The van der Waals surface area contributed by atoms with Gasteiger partial charge in [-0.3, -0.25) is 14.4 Å². The van der Waals surface area contributed by atoms with Crippen molar-refractivity contribution in [1.29, 1.82) is 0 Å². The number of aryl methyl sites for hydroxylation is 1. The molecule has 18 nitrogen and oxygen atoms in total. The SMILES string of the molecule is CO[C@@H]1[C@@H](O)[C@@H](OC)[C@@H](NC2=CC(=O)c3c(cc4c(c3O)C(=O)C3(OC)C(O)Cc5cc(C)c(C(=O)O)c(O)c5C3(O)C4=O)C2(O)Cc2coc(CC(C)O)c2)O[C@H]1C. The van der Waals surface area contributed by atoms with Crippen LogP contribution in [0.3, 0.4) is 0 Å². The summed E-state index contributed by atoms with van der Waals surface area (Å²) in [4.78, 5) is 56.3. The Kier molecular flexibility index (Phi) is 10.4. The van der Waals surface area contributed by atoms with Crippen LogP contribution in [0.5, 0.6) is 11.5 Å². The van der Waals surface area contributed by atoms with E-state index in [9.17, 15) is 55.2 Å². The van der Waals surface area contributed by atoms with Crippen LogP contribution in [-0.2, 0) is 49.4 Å². The molecule has 4 aliphatic rings. The highest BCUT2D eigenvalue weighted by Gasteiger charge is 2.73. The van der Waals surface area contributed by atoms with Crippen molar-refractivity contribution in [3.8, 4) is 11.5 Å². The van der Waals surface area contributed by atoms with Crippen LogP contribution in [0.1, 0.15) is 88.9 Å². The zero-order valence-corrected chi connectivity index (χ0v) is 32.8. The van der Waals surface area contributed by atoms with Crippen LogP contribution in [0.25, 0.3) is 0 Å². The maximum Gasteiger partial charge on any atom is 0.339 e. The second-order valence-electron chi connectivity index (χ2n) is 15.6. The lowest BCUT2D eigenvalue weighted by Gasteiger charge is -2.53. The topological polar surface area (TPSA) is 292 Å². The Labute approximate surface area is 336 Å². The summed E-state index contributed by atoms with van der Waals surface area (Å²) in [5.74, 6) is -7.32. The molecule has 1 aliphatic heterocycles. The first-order valence-electron chi connectivity index (χ1n) is 18.7. The number of ketones is 3. The smallest absolute Gasteiger partial charge is 0.339 e. The van der Waals surface area contributed by atoms with Crippen molar-refractivity contribution in [2.75, 3.05) is 21.3 Å². The van der Waals surface area contributed by atoms with Gasteiger partial charge in [0.1, 0.15) is 46.7 Å². The fourth-order valence-corrected chi connectivity index (χ4v) is 9.42. The normalized spacial score (nSPS) is 31.8. The predicted molar refractivity (Wildman–Crippen MR) is 199 cm³/mol. The summed E-state index contributed by atoms with van der Waals surface area (Å²) < 4.78 is 28.2. The first kappa shape index (κ1) is 42.1. The predicted octanol–water partition coefficient (Wildman–Crippen LogP) is 0.426. The minimum absolute atomic E-state index is 0.0136. The number of ether oxygens (including phenoxy) is 4. The first-order chi connectivity index (χ1) is 27.7. The van der Waals surface area contributed by atoms with E-state index in [0.717, 1.165) is 19.3 Å². The van der Waals surface area contributed by atoms with E-state index in [2.05, 4.69) is 5.32 Å². The van der Waals surface area contributed by atoms with Crippen molar-refractivity contribution in [2.45, 2.75) is 99.7 Å². The van der Waals surface area contributed by atoms with Crippen molar-refractivity contribution < 1.29 is 83.4 Å². The number of carbonyl (C=O) groups is 4. The molecule has 0 saturated carbocycles. The van der Waals surface area contributed by atoms with E-state index in [4.69, 9.17) is 23.4 Å². The van der Waals surface area contributed by atoms with Gasteiger partial charge >= 0.3 is 5.97 Å². The van der Waals surface area contributed by atoms with Crippen LogP contribution >= 0.6 is 0 Å². The molecule has 18 heteroatoms. The van der Waals surface area contributed by atoms with E-state index in [1.54, 1.807) is 6.92 Å². The average molecular weight is 824 g/mol. The quantitative estimate of drug-likeness (QED) is 0.134. The van der Waals surface area contributed by atoms with Gasteiger partial charge in [0.15, 0.2) is 23.2 Å². The van der Waals surface area contributed by atoms with Crippen LogP contribution < -0.4 is 5.32 Å². The van der Waals surface area contributed by atoms with Gasteiger partial charge in [-0.05, 0) is 49.6 Å². The Bertz CT molecular complexity index is 2310. The fraction of sp³-hybridized carbons (Fsp3) is 0.463. The average Bonchev–Trinajstić information content (AvgIpc) is 3.57. The molecule has 3 aromatic rings. The van der Waals surface area contributed by atoms with Gasteiger partial charge in [-0.1, -0.05) is 6.07 Å². The number of aliphatic hydroxyl groups is 5. The molecule has 0 amide bonds. The summed E-state index contributed by atoms with van der Waals surface area (Å²) in [5.41, 5.74) is -13.0. The van der Waals surface area contributed by atoms with Crippen molar-refractivity contribution in [1.82, 2.24) is 5.32 Å². The van der Waals surface area contributed by atoms with E-state index >= 15 is 4.79 Å². The van der Waals surface area contributed by atoms with Crippen molar-refractivity contribution in [2.24, 2.45) is 0 Å². The summed E-state index contributed by atoms with van der Waals surface area (Å²) in [6, 6.07) is 3.68. The number of phenolic OH excluding ortho intramolecular Hbond substituents is 1.